The van der Waals surface area contributed by atoms with Crippen molar-refractivity contribution in [2.75, 3.05) is 19.8 Å². The predicted molar refractivity (Wildman–Crippen MR) is 148 cm³/mol. The number of hydrogen-bond acceptors (Lipinski definition) is 3. The van der Waals surface area contributed by atoms with Gasteiger partial charge in [-0.05, 0) is 83.3 Å². The van der Waals surface area contributed by atoms with Crippen molar-refractivity contribution in [1.82, 2.24) is 0 Å². The average molecular weight is 483 g/mol. The van der Waals surface area contributed by atoms with E-state index >= 15 is 0 Å². The van der Waals surface area contributed by atoms with Crippen molar-refractivity contribution in [2.45, 2.75) is 93.5 Å². The molecule has 3 unspecified atom stereocenters. The van der Waals surface area contributed by atoms with Gasteiger partial charge in [-0.3, -0.25) is 0 Å². The Bertz CT molecular complexity index is 767. The fourth-order valence-electron chi connectivity index (χ4n) is 4.31. The Labute approximate surface area is 215 Å². The standard InChI is InChI=1S/C11H14.C8H10.C7H14O.C6H12O2/c1-8-3-4-10-6-9(2)7-11(10)5-8;1-7-3-5-8(2)6-4-7;1-6-3-4-7(2)8-5-6;1-5-3-7-6(2)8-4-5/h3-5,9H,6-7H2,1-2H3;3-6H,1-2H3;6-7H,3-5H2,1-2H3;5-6H,3-4H2,1-2H3. The number of fused-ring (bicyclic) bond motifs is 1. The topological polar surface area (TPSA) is 27.7 Å². The van der Waals surface area contributed by atoms with Crippen LogP contribution in [0.25, 0.3) is 0 Å². The molecule has 3 aliphatic rings. The van der Waals surface area contributed by atoms with E-state index in [1.165, 1.54) is 42.4 Å². The van der Waals surface area contributed by atoms with E-state index < -0.39 is 0 Å². The van der Waals surface area contributed by atoms with Crippen LogP contribution in [-0.2, 0) is 27.1 Å². The van der Waals surface area contributed by atoms with Crippen molar-refractivity contribution in [3.8, 4) is 0 Å². The first-order valence-electron chi connectivity index (χ1n) is 13.6. The van der Waals surface area contributed by atoms with Crippen LogP contribution in [0.4, 0.5) is 0 Å². The molecule has 2 fully saturated rings. The molecule has 0 aromatic heterocycles. The van der Waals surface area contributed by atoms with Crippen molar-refractivity contribution in [3.63, 3.8) is 0 Å². The van der Waals surface area contributed by atoms with Crippen LogP contribution in [0, 0.1) is 38.5 Å². The van der Waals surface area contributed by atoms with E-state index in [4.69, 9.17) is 14.2 Å². The Morgan fingerprint density at radius 2 is 1.06 bits per heavy atom. The van der Waals surface area contributed by atoms with Gasteiger partial charge in [-0.1, -0.05) is 79.9 Å². The number of benzene rings is 2. The first-order valence-corrected chi connectivity index (χ1v) is 13.6. The van der Waals surface area contributed by atoms with E-state index in [2.05, 4.69) is 90.9 Å². The molecule has 3 atom stereocenters. The summed E-state index contributed by atoms with van der Waals surface area (Å²) in [4.78, 5) is 0. The molecule has 2 saturated heterocycles. The van der Waals surface area contributed by atoms with Gasteiger partial charge in [0.05, 0.1) is 19.3 Å². The van der Waals surface area contributed by atoms with Crippen LogP contribution in [0.1, 0.15) is 75.3 Å². The Hall–Kier alpha value is -1.68. The van der Waals surface area contributed by atoms with E-state index in [1.807, 2.05) is 6.92 Å². The van der Waals surface area contributed by atoms with E-state index in [0.717, 1.165) is 31.7 Å². The molecular weight excluding hydrogens is 432 g/mol. The van der Waals surface area contributed by atoms with Gasteiger partial charge in [-0.15, -0.1) is 0 Å². The van der Waals surface area contributed by atoms with Crippen LogP contribution >= 0.6 is 0 Å². The summed E-state index contributed by atoms with van der Waals surface area (Å²) in [6.07, 6.45) is 5.71. The Morgan fingerprint density at radius 1 is 0.543 bits per heavy atom. The molecule has 5 rings (SSSR count). The van der Waals surface area contributed by atoms with Gasteiger partial charge in [-0.2, -0.15) is 0 Å². The lowest BCUT2D eigenvalue weighted by Gasteiger charge is -2.24. The maximum absolute atomic E-state index is 5.39. The first-order chi connectivity index (χ1) is 16.6. The summed E-state index contributed by atoms with van der Waals surface area (Å²) in [6, 6.07) is 15.3. The molecule has 2 aromatic rings. The summed E-state index contributed by atoms with van der Waals surface area (Å²) in [5, 5.41) is 0. The molecule has 3 nitrogen and oxygen atoms in total. The fourth-order valence-corrected chi connectivity index (χ4v) is 4.31. The lowest BCUT2D eigenvalue weighted by atomic mass is 10.0. The minimum absolute atomic E-state index is 0.0196. The first kappa shape index (κ1) is 29.5. The maximum atomic E-state index is 5.39. The molecule has 1 aliphatic carbocycles. The van der Waals surface area contributed by atoms with Crippen LogP contribution in [0.2, 0.25) is 0 Å². The van der Waals surface area contributed by atoms with Crippen LogP contribution < -0.4 is 0 Å². The average Bonchev–Trinajstić information content (AvgIpc) is 3.20. The van der Waals surface area contributed by atoms with Gasteiger partial charge in [0, 0.05) is 12.5 Å². The molecule has 0 amide bonds. The van der Waals surface area contributed by atoms with Gasteiger partial charge >= 0.3 is 0 Å². The SMILES string of the molecule is CC1CCC(C)OC1.CC1COC(C)OC1.Cc1ccc(C)cc1.Cc1ccc2c(c1)CC(C)C2. The van der Waals surface area contributed by atoms with Crippen molar-refractivity contribution >= 4 is 0 Å². The second-order valence-corrected chi connectivity index (χ2v) is 11.1. The third kappa shape index (κ3) is 12.2. The molecule has 3 heteroatoms. The number of aryl methyl sites for hydroxylation is 3. The molecule has 2 heterocycles. The third-order valence-corrected chi connectivity index (χ3v) is 6.68. The minimum Gasteiger partial charge on any atom is -0.378 e. The minimum atomic E-state index is 0.0196. The monoisotopic (exact) mass is 482 g/mol. The second-order valence-electron chi connectivity index (χ2n) is 11.1. The van der Waals surface area contributed by atoms with Gasteiger partial charge in [0.25, 0.3) is 0 Å². The van der Waals surface area contributed by atoms with Crippen LogP contribution in [0.5, 0.6) is 0 Å². The normalized spacial score (nSPS) is 27.1. The van der Waals surface area contributed by atoms with Gasteiger partial charge in [0.15, 0.2) is 6.29 Å². The molecule has 35 heavy (non-hydrogen) atoms. The molecule has 0 radical (unpaired) electrons. The van der Waals surface area contributed by atoms with Gasteiger partial charge < -0.3 is 14.2 Å². The lowest BCUT2D eigenvalue weighted by molar-refractivity contribution is -0.187. The highest BCUT2D eigenvalue weighted by Gasteiger charge is 2.16. The van der Waals surface area contributed by atoms with Crippen molar-refractivity contribution in [3.05, 3.63) is 70.3 Å². The van der Waals surface area contributed by atoms with Crippen molar-refractivity contribution in [2.24, 2.45) is 17.8 Å². The molecular formula is C32H50O3. The summed E-state index contributed by atoms with van der Waals surface area (Å²) in [5.74, 6) is 2.24. The van der Waals surface area contributed by atoms with E-state index in [-0.39, 0.29) is 6.29 Å². The van der Waals surface area contributed by atoms with Gasteiger partial charge in [0.2, 0.25) is 0 Å². The van der Waals surface area contributed by atoms with Crippen LogP contribution in [0.3, 0.4) is 0 Å². The van der Waals surface area contributed by atoms with Crippen molar-refractivity contribution in [1.29, 1.82) is 0 Å². The summed E-state index contributed by atoms with van der Waals surface area (Å²) in [6.45, 7) is 19.8. The zero-order valence-electron chi connectivity index (χ0n) is 23.6. The van der Waals surface area contributed by atoms with Crippen LogP contribution in [-0.4, -0.2) is 32.2 Å². The summed E-state index contributed by atoms with van der Waals surface area (Å²) < 4.78 is 15.7. The van der Waals surface area contributed by atoms with Crippen molar-refractivity contribution < 1.29 is 14.2 Å². The molecule has 0 bridgehead atoms. The molecule has 0 spiro atoms. The van der Waals surface area contributed by atoms with E-state index in [9.17, 15) is 0 Å². The quantitative estimate of drug-likeness (QED) is 0.382. The zero-order valence-corrected chi connectivity index (χ0v) is 23.6. The number of rotatable bonds is 0. The predicted octanol–water partition coefficient (Wildman–Crippen LogP) is 7.87. The molecule has 0 saturated carbocycles. The largest absolute Gasteiger partial charge is 0.378 e. The third-order valence-electron chi connectivity index (χ3n) is 6.68. The van der Waals surface area contributed by atoms with Gasteiger partial charge in [0.1, 0.15) is 0 Å². The summed E-state index contributed by atoms with van der Waals surface area (Å²) in [5.41, 5.74) is 7.21. The Kier molecular flexibility index (Phi) is 13.0. The fraction of sp³-hybridized carbons (Fsp3) is 0.625. The van der Waals surface area contributed by atoms with Gasteiger partial charge in [-0.25, -0.2) is 0 Å². The Morgan fingerprint density at radius 3 is 1.54 bits per heavy atom. The highest BCUT2D eigenvalue weighted by Crippen LogP contribution is 2.26. The molecule has 0 N–H and O–H groups in total. The lowest BCUT2D eigenvalue weighted by Crippen LogP contribution is -2.27. The molecule has 196 valence electrons. The van der Waals surface area contributed by atoms with Crippen LogP contribution in [0.15, 0.2) is 42.5 Å². The second kappa shape index (κ2) is 15.4. The van der Waals surface area contributed by atoms with E-state index in [0.29, 0.717) is 12.0 Å². The summed E-state index contributed by atoms with van der Waals surface area (Å²) >= 11 is 0. The molecule has 2 aromatic carbocycles. The highest BCUT2D eigenvalue weighted by molar-refractivity contribution is 5.35. The number of ether oxygens (including phenoxy) is 3. The Balaban J connectivity index is 0.000000167. The number of hydrogen-bond donors (Lipinski definition) is 0. The highest BCUT2D eigenvalue weighted by atomic mass is 16.7. The zero-order chi connectivity index (χ0) is 25.8. The smallest absolute Gasteiger partial charge is 0.154 e. The van der Waals surface area contributed by atoms with E-state index in [1.54, 1.807) is 11.1 Å². The summed E-state index contributed by atoms with van der Waals surface area (Å²) in [7, 11) is 0. The molecule has 2 aliphatic heterocycles. The maximum Gasteiger partial charge on any atom is 0.154 e.